The summed E-state index contributed by atoms with van der Waals surface area (Å²) >= 11 is 1.64. The predicted octanol–water partition coefficient (Wildman–Crippen LogP) is 3.28. The molecule has 1 atom stereocenters. The van der Waals surface area contributed by atoms with Gasteiger partial charge in [-0.1, -0.05) is 36.4 Å². The van der Waals surface area contributed by atoms with Gasteiger partial charge in [0, 0.05) is 22.4 Å². The molecule has 104 valence electrons. The molecule has 0 fully saturated rings. The van der Waals surface area contributed by atoms with E-state index in [0.29, 0.717) is 17.7 Å². The third-order valence-corrected chi connectivity index (χ3v) is 5.02. The van der Waals surface area contributed by atoms with Gasteiger partial charge in [-0.2, -0.15) is 0 Å². The maximum atomic E-state index is 12.3. The molecule has 0 radical (unpaired) electrons. The van der Waals surface area contributed by atoms with Crippen LogP contribution in [0.3, 0.4) is 0 Å². The second kappa shape index (κ2) is 4.41. The smallest absolute Gasteiger partial charge is 0.261 e. The first kappa shape index (κ1) is 12.6. The minimum Gasteiger partial charge on any atom is -0.375 e. The average Bonchev–Trinajstić information content (AvgIpc) is 3.01. The molecule has 0 saturated heterocycles. The number of rotatable bonds is 2. The molecule has 1 aliphatic heterocycles. The Kier molecular flexibility index (Phi) is 2.64. The van der Waals surface area contributed by atoms with E-state index in [1.54, 1.807) is 11.3 Å². The number of aliphatic hydroxyl groups is 1. The van der Waals surface area contributed by atoms with Crippen LogP contribution in [0.5, 0.6) is 0 Å². The van der Waals surface area contributed by atoms with Crippen LogP contribution in [0.1, 0.15) is 11.1 Å². The molecule has 2 heterocycles. The summed E-state index contributed by atoms with van der Waals surface area (Å²) in [5.74, 6) is -0.348. The van der Waals surface area contributed by atoms with Crippen molar-refractivity contribution in [3.63, 3.8) is 0 Å². The van der Waals surface area contributed by atoms with Crippen LogP contribution in [0.25, 0.3) is 10.1 Å². The van der Waals surface area contributed by atoms with Crippen LogP contribution in [-0.2, 0) is 16.8 Å². The molecule has 2 aromatic carbocycles. The molecular weight excluding hydrogens is 282 g/mol. The number of amides is 1. The van der Waals surface area contributed by atoms with Crippen molar-refractivity contribution < 1.29 is 9.90 Å². The molecule has 1 amide bonds. The van der Waals surface area contributed by atoms with Gasteiger partial charge in [0.25, 0.3) is 5.91 Å². The summed E-state index contributed by atoms with van der Waals surface area (Å²) in [7, 11) is 0. The van der Waals surface area contributed by atoms with Gasteiger partial charge < -0.3 is 10.4 Å². The van der Waals surface area contributed by atoms with Crippen molar-refractivity contribution in [1.82, 2.24) is 0 Å². The number of thiophene rings is 1. The molecule has 1 aromatic heterocycles. The van der Waals surface area contributed by atoms with Crippen molar-refractivity contribution in [2.45, 2.75) is 12.0 Å². The number of hydrogen-bond donors (Lipinski definition) is 2. The lowest BCUT2D eigenvalue weighted by atomic mass is 9.88. The zero-order valence-electron chi connectivity index (χ0n) is 11.2. The maximum Gasteiger partial charge on any atom is 0.261 e. The summed E-state index contributed by atoms with van der Waals surface area (Å²) in [6, 6.07) is 15.4. The molecule has 4 rings (SSSR count). The van der Waals surface area contributed by atoms with Crippen molar-refractivity contribution in [3.8, 4) is 0 Å². The van der Waals surface area contributed by atoms with Crippen LogP contribution in [0.15, 0.2) is 53.9 Å². The van der Waals surface area contributed by atoms with Gasteiger partial charge in [0.15, 0.2) is 5.60 Å². The van der Waals surface area contributed by atoms with E-state index in [1.165, 1.54) is 4.70 Å². The number of carbonyl (C=O) groups excluding carboxylic acids is 1. The van der Waals surface area contributed by atoms with E-state index in [1.807, 2.05) is 47.8 Å². The van der Waals surface area contributed by atoms with E-state index >= 15 is 0 Å². The van der Waals surface area contributed by atoms with Gasteiger partial charge in [0.05, 0.1) is 0 Å². The first-order valence-corrected chi connectivity index (χ1v) is 7.65. The van der Waals surface area contributed by atoms with Crippen LogP contribution < -0.4 is 5.32 Å². The average molecular weight is 295 g/mol. The standard InChI is InChI=1S/C17H13NO2S/c19-16-17(20,13-6-2-3-7-14(13)18-16)9-11-10-21-15-8-4-1-5-12(11)15/h1-8,10,20H,9H2,(H,18,19). The third kappa shape index (κ3) is 1.80. The highest BCUT2D eigenvalue weighted by Gasteiger charge is 2.45. The van der Waals surface area contributed by atoms with Crippen LogP contribution >= 0.6 is 11.3 Å². The van der Waals surface area contributed by atoms with E-state index in [9.17, 15) is 9.90 Å². The SMILES string of the molecule is O=C1Nc2ccccc2C1(O)Cc1csc2ccccc12. The number of fused-ring (bicyclic) bond motifs is 2. The van der Waals surface area contributed by atoms with Gasteiger partial charge in [-0.15, -0.1) is 11.3 Å². The Labute approximate surface area is 125 Å². The molecule has 3 nitrogen and oxygen atoms in total. The Morgan fingerprint density at radius 3 is 2.76 bits per heavy atom. The lowest BCUT2D eigenvalue weighted by molar-refractivity contribution is -0.133. The summed E-state index contributed by atoms with van der Waals surface area (Å²) < 4.78 is 1.17. The first-order chi connectivity index (χ1) is 10.2. The van der Waals surface area contributed by atoms with Crippen molar-refractivity contribution in [1.29, 1.82) is 0 Å². The van der Waals surface area contributed by atoms with Crippen molar-refractivity contribution in [3.05, 3.63) is 65.0 Å². The summed E-state index contributed by atoms with van der Waals surface area (Å²) in [4.78, 5) is 12.3. The van der Waals surface area contributed by atoms with Gasteiger partial charge >= 0.3 is 0 Å². The molecule has 0 bridgehead atoms. The Balaban J connectivity index is 1.81. The molecule has 0 spiro atoms. The topological polar surface area (TPSA) is 49.3 Å². The Morgan fingerprint density at radius 2 is 1.86 bits per heavy atom. The molecule has 1 aliphatic rings. The molecule has 3 aromatic rings. The van der Waals surface area contributed by atoms with E-state index in [-0.39, 0.29) is 5.91 Å². The molecule has 2 N–H and O–H groups in total. The van der Waals surface area contributed by atoms with E-state index in [0.717, 1.165) is 10.9 Å². The molecule has 1 unspecified atom stereocenters. The largest absolute Gasteiger partial charge is 0.375 e. The Bertz CT molecular complexity index is 855. The minimum atomic E-state index is -1.49. The number of hydrogen-bond acceptors (Lipinski definition) is 3. The maximum absolute atomic E-state index is 12.3. The third-order valence-electron chi connectivity index (χ3n) is 4.00. The molecule has 4 heteroatoms. The van der Waals surface area contributed by atoms with Crippen molar-refractivity contribution in [2.75, 3.05) is 5.32 Å². The molecule has 0 aliphatic carbocycles. The monoisotopic (exact) mass is 295 g/mol. The fourth-order valence-corrected chi connectivity index (χ4v) is 3.88. The van der Waals surface area contributed by atoms with E-state index in [4.69, 9.17) is 0 Å². The number of benzene rings is 2. The summed E-state index contributed by atoms with van der Waals surface area (Å²) in [6.45, 7) is 0. The summed E-state index contributed by atoms with van der Waals surface area (Å²) in [6.07, 6.45) is 0.292. The summed E-state index contributed by atoms with van der Waals surface area (Å²) in [5, 5.41) is 16.8. The fourth-order valence-electron chi connectivity index (χ4n) is 2.92. The minimum absolute atomic E-state index is 0.292. The van der Waals surface area contributed by atoms with E-state index < -0.39 is 5.60 Å². The zero-order chi connectivity index (χ0) is 14.4. The predicted molar refractivity (Wildman–Crippen MR) is 84.5 cm³/mol. The highest BCUT2D eigenvalue weighted by molar-refractivity contribution is 7.17. The van der Waals surface area contributed by atoms with Crippen LogP contribution in [-0.4, -0.2) is 11.0 Å². The first-order valence-electron chi connectivity index (χ1n) is 6.77. The lowest BCUT2D eigenvalue weighted by Gasteiger charge is -2.20. The second-order valence-electron chi connectivity index (χ2n) is 5.29. The normalized spacial score (nSPS) is 20.5. The second-order valence-corrected chi connectivity index (χ2v) is 6.21. The highest BCUT2D eigenvalue weighted by Crippen LogP contribution is 2.40. The Hall–Kier alpha value is -2.17. The van der Waals surface area contributed by atoms with Crippen LogP contribution in [0.4, 0.5) is 5.69 Å². The van der Waals surface area contributed by atoms with Crippen molar-refractivity contribution in [2.24, 2.45) is 0 Å². The molecular formula is C17H13NO2S. The number of carbonyl (C=O) groups is 1. The quantitative estimate of drug-likeness (QED) is 0.762. The Morgan fingerprint density at radius 1 is 1.10 bits per heavy atom. The van der Waals surface area contributed by atoms with Gasteiger partial charge in [-0.25, -0.2) is 0 Å². The van der Waals surface area contributed by atoms with E-state index in [2.05, 4.69) is 11.4 Å². The number of nitrogens with one attached hydrogen (secondary N) is 1. The van der Waals surface area contributed by atoms with Gasteiger partial charge in [0.2, 0.25) is 0 Å². The number of anilines is 1. The lowest BCUT2D eigenvalue weighted by Crippen LogP contribution is -2.36. The number of para-hydroxylation sites is 1. The summed E-state index contributed by atoms with van der Waals surface area (Å²) in [5.41, 5.74) is 0.875. The van der Waals surface area contributed by atoms with Gasteiger partial charge in [0.1, 0.15) is 0 Å². The van der Waals surface area contributed by atoms with Crippen LogP contribution in [0.2, 0.25) is 0 Å². The van der Waals surface area contributed by atoms with Gasteiger partial charge in [-0.05, 0) is 28.5 Å². The van der Waals surface area contributed by atoms with Crippen molar-refractivity contribution >= 4 is 33.0 Å². The van der Waals surface area contributed by atoms with Gasteiger partial charge in [-0.3, -0.25) is 4.79 Å². The zero-order valence-corrected chi connectivity index (χ0v) is 12.0. The van der Waals surface area contributed by atoms with Crippen LogP contribution in [0, 0.1) is 0 Å². The molecule has 0 saturated carbocycles. The molecule has 21 heavy (non-hydrogen) atoms. The highest BCUT2D eigenvalue weighted by atomic mass is 32.1. The fraction of sp³-hybridized carbons (Fsp3) is 0.118.